The van der Waals surface area contributed by atoms with Crippen LogP contribution in [0.1, 0.15) is 158 Å². The molecule has 0 aliphatic heterocycles. The predicted octanol–water partition coefficient (Wildman–Crippen LogP) is 13.6. The molecule has 0 aromatic carbocycles. The van der Waals surface area contributed by atoms with Crippen LogP contribution >= 0.6 is 35.7 Å². The van der Waals surface area contributed by atoms with Gasteiger partial charge >= 0.3 is 304 Å². The van der Waals surface area contributed by atoms with Crippen molar-refractivity contribution in [3.05, 3.63) is 0 Å². The molecule has 0 aliphatic rings. The number of hydrogen-bond donors (Lipinski definition) is 0. The molecule has 42 heavy (non-hydrogen) atoms. The Bertz CT molecular complexity index is 317. The minimum Gasteiger partial charge on any atom is -0.412 e. The Morgan fingerprint density at radius 3 is 0.429 bits per heavy atom. The second-order valence-corrected chi connectivity index (χ2v) is 48.5. The van der Waals surface area contributed by atoms with Crippen molar-refractivity contribution in [2.45, 2.75) is 194 Å². The molecular formula is C32H76Cl4O2Sn4. The number of hydrogen-bond acceptors (Lipinski definition) is 0. The molecule has 0 atom stereocenters. The van der Waals surface area contributed by atoms with Crippen molar-refractivity contribution < 1.29 is 11.0 Å². The number of rotatable bonds is 24. The fraction of sp³-hybridized carbons (Fsp3) is 1.00. The van der Waals surface area contributed by atoms with Gasteiger partial charge in [-0.05, 0) is 0 Å². The Kier molecular flexibility index (Phi) is 76.2. The summed E-state index contributed by atoms with van der Waals surface area (Å²) in [5, 5.41) is 0. The number of unbranched alkanes of at least 4 members (excludes halogenated alkanes) is 8. The van der Waals surface area contributed by atoms with Gasteiger partial charge in [0.25, 0.3) is 0 Å². The second-order valence-electron chi connectivity index (χ2n) is 10.9. The summed E-state index contributed by atoms with van der Waals surface area (Å²) >= 11 is -5.07. The van der Waals surface area contributed by atoms with Gasteiger partial charge in [-0.25, -0.2) is 0 Å². The zero-order valence-corrected chi connectivity index (χ0v) is 43.9. The predicted molar refractivity (Wildman–Crippen MR) is 211 cm³/mol. The molecule has 0 heterocycles. The fourth-order valence-corrected chi connectivity index (χ4v) is 30.3. The average molecular weight is 1110 g/mol. The van der Waals surface area contributed by atoms with Gasteiger partial charge in [-0.15, -0.1) is 0 Å². The first-order chi connectivity index (χ1) is 19.2. The van der Waals surface area contributed by atoms with Gasteiger partial charge in [0.1, 0.15) is 0 Å². The van der Waals surface area contributed by atoms with Gasteiger partial charge in [0.15, 0.2) is 0 Å². The third-order valence-electron chi connectivity index (χ3n) is 6.41. The van der Waals surface area contributed by atoms with Crippen LogP contribution in [-0.4, -0.2) is 85.5 Å². The van der Waals surface area contributed by atoms with Gasteiger partial charge in [-0.2, -0.15) is 0 Å². The van der Waals surface area contributed by atoms with E-state index in [0.29, 0.717) is 0 Å². The summed E-state index contributed by atoms with van der Waals surface area (Å²) < 4.78 is 11.2. The summed E-state index contributed by atoms with van der Waals surface area (Å²) in [7, 11) is 24.9. The van der Waals surface area contributed by atoms with Gasteiger partial charge in [0.2, 0.25) is 0 Å². The molecular weight excluding hydrogens is 1030 g/mol. The molecule has 0 spiro atoms. The summed E-state index contributed by atoms with van der Waals surface area (Å²) in [4.78, 5) is 0. The molecule has 260 valence electrons. The Labute approximate surface area is 310 Å². The summed E-state index contributed by atoms with van der Waals surface area (Å²) in [6.45, 7) is 17.9. The molecule has 0 saturated carbocycles. The maximum absolute atomic E-state index is 6.24. The van der Waals surface area contributed by atoms with E-state index in [1.165, 1.54) is 138 Å². The van der Waals surface area contributed by atoms with E-state index in [2.05, 4.69) is 55.4 Å². The van der Waals surface area contributed by atoms with E-state index in [0.717, 1.165) is 0 Å². The Morgan fingerprint density at radius 1 is 0.262 bits per heavy atom. The monoisotopic (exact) mass is 1110 g/mol. The SMILES string of the molecule is CCC[CH2][Sn]([Cl])[CH2]CCC.CCC[CH2][Sn]([Cl])[CH2]CCC.CCC[CH2][Sn]([Cl])[CH2]CCC.CCC[CH2][Sn]([Cl])[CH2]CCC.O.O. The van der Waals surface area contributed by atoms with Gasteiger partial charge < -0.3 is 11.0 Å². The van der Waals surface area contributed by atoms with E-state index in [-0.39, 0.29) is 11.0 Å². The zero-order valence-electron chi connectivity index (χ0n) is 29.5. The van der Waals surface area contributed by atoms with E-state index >= 15 is 0 Å². The number of halogens is 4. The van der Waals surface area contributed by atoms with Crippen molar-refractivity contribution in [3.63, 3.8) is 0 Å². The van der Waals surface area contributed by atoms with Crippen LogP contribution in [0.4, 0.5) is 0 Å². The molecule has 4 radical (unpaired) electrons. The van der Waals surface area contributed by atoms with Crippen molar-refractivity contribution in [3.8, 4) is 0 Å². The van der Waals surface area contributed by atoms with E-state index in [1.807, 2.05) is 0 Å². The Morgan fingerprint density at radius 2 is 0.357 bits per heavy atom. The standard InChI is InChI=1S/8C4H9.4ClH.2H2O.4Sn/c8*1-3-4-2;;;;;;;;;;/h8*1,3-4H2,2H3;4*1H;2*1H2;;;;/q;;;;;;;;;;;;;;4*+1/p-4. The van der Waals surface area contributed by atoms with Gasteiger partial charge in [0.05, 0.1) is 0 Å². The fourth-order valence-electron chi connectivity index (χ4n) is 3.45. The topological polar surface area (TPSA) is 63.0 Å². The second kappa shape index (κ2) is 54.7. The molecule has 0 aliphatic carbocycles. The van der Waals surface area contributed by atoms with E-state index < -0.39 is 74.5 Å². The molecule has 0 aromatic rings. The van der Waals surface area contributed by atoms with Crippen LogP contribution in [0.15, 0.2) is 0 Å². The van der Waals surface area contributed by atoms with Crippen molar-refractivity contribution in [1.82, 2.24) is 0 Å². The van der Waals surface area contributed by atoms with Crippen LogP contribution in [0.5, 0.6) is 0 Å². The molecule has 0 bridgehead atoms. The molecule has 0 rings (SSSR count). The van der Waals surface area contributed by atoms with Gasteiger partial charge in [0, 0.05) is 0 Å². The molecule has 4 N–H and O–H groups in total. The van der Waals surface area contributed by atoms with Crippen LogP contribution in [0.25, 0.3) is 0 Å². The molecule has 2 nitrogen and oxygen atoms in total. The molecule has 0 fully saturated rings. The zero-order chi connectivity index (χ0) is 31.3. The molecule has 0 unspecified atom stereocenters. The van der Waals surface area contributed by atoms with E-state index in [1.54, 1.807) is 0 Å². The normalized spacial score (nSPS) is 10.3. The quantitative estimate of drug-likeness (QED) is 0.0865. The van der Waals surface area contributed by atoms with E-state index in [9.17, 15) is 0 Å². The first kappa shape index (κ1) is 58.5. The minimum absolute atomic E-state index is 0. The van der Waals surface area contributed by atoms with Crippen LogP contribution in [0, 0.1) is 0 Å². The molecule has 10 heteroatoms. The maximum atomic E-state index is 6.24. The van der Waals surface area contributed by atoms with Crippen LogP contribution in [0.2, 0.25) is 35.5 Å². The van der Waals surface area contributed by atoms with Crippen molar-refractivity contribution in [2.24, 2.45) is 0 Å². The van der Waals surface area contributed by atoms with Crippen LogP contribution in [-0.2, 0) is 0 Å². The van der Waals surface area contributed by atoms with Gasteiger partial charge in [-0.1, -0.05) is 0 Å². The Hall–Kier alpha value is 4.27. The summed E-state index contributed by atoms with van der Waals surface area (Å²) in [5.41, 5.74) is 0. The van der Waals surface area contributed by atoms with Crippen molar-refractivity contribution in [2.75, 3.05) is 0 Å². The van der Waals surface area contributed by atoms with E-state index in [4.69, 9.17) is 35.7 Å². The Balaban J connectivity index is -0.000000101. The first-order valence-electron chi connectivity index (χ1n) is 17.2. The summed E-state index contributed by atoms with van der Waals surface area (Å²) in [6, 6.07) is 0. The molecule has 0 aromatic heterocycles. The third kappa shape index (κ3) is 63.0. The molecule has 0 saturated heterocycles. The molecule has 0 amide bonds. The largest absolute Gasteiger partial charge is 0.412 e. The summed E-state index contributed by atoms with van der Waals surface area (Å²) in [5.74, 6) is 0. The first-order valence-corrected chi connectivity index (χ1v) is 47.8. The third-order valence-corrected chi connectivity index (χ3v) is 37.0. The smallest absolute Gasteiger partial charge is 0.412 e. The summed E-state index contributed by atoms with van der Waals surface area (Å²) in [6.07, 6.45) is 21.6. The average Bonchev–Trinajstić information content (AvgIpc) is 2.97. The van der Waals surface area contributed by atoms with Crippen molar-refractivity contribution >= 4 is 110 Å². The minimum atomic E-state index is -1.27. The van der Waals surface area contributed by atoms with Gasteiger partial charge in [-0.3, -0.25) is 0 Å². The van der Waals surface area contributed by atoms with Crippen LogP contribution in [0.3, 0.4) is 0 Å². The van der Waals surface area contributed by atoms with Crippen molar-refractivity contribution in [1.29, 1.82) is 0 Å². The van der Waals surface area contributed by atoms with Crippen LogP contribution < -0.4 is 0 Å². The maximum Gasteiger partial charge on any atom is -0.412 e.